The number of aryl methyl sites for hydroxylation is 1. The molecule has 2 rings (SSSR count). The van der Waals surface area contributed by atoms with Crippen LogP contribution in [0.3, 0.4) is 0 Å². The molecule has 0 aliphatic carbocycles. The first-order valence-corrected chi connectivity index (χ1v) is 5.27. The molecular formula is C10H9NS2. The van der Waals surface area contributed by atoms with Gasteiger partial charge in [-0.3, -0.25) is 0 Å². The zero-order valence-electron chi connectivity index (χ0n) is 7.23. The van der Waals surface area contributed by atoms with E-state index >= 15 is 0 Å². The molecular weight excluding hydrogens is 198 g/mol. The highest BCUT2D eigenvalue weighted by Gasteiger charge is 2.08. The highest BCUT2D eigenvalue weighted by atomic mass is 32.2. The van der Waals surface area contributed by atoms with E-state index in [1.165, 1.54) is 5.56 Å². The van der Waals surface area contributed by atoms with E-state index < -0.39 is 0 Å². The topological polar surface area (TPSA) is 3.88 Å². The molecule has 1 aromatic heterocycles. The fourth-order valence-electron chi connectivity index (χ4n) is 1.30. The summed E-state index contributed by atoms with van der Waals surface area (Å²) in [5.74, 6) is 0. The number of hydrogen-bond donors (Lipinski definition) is 0. The predicted molar refractivity (Wildman–Crippen MR) is 56.6 cm³/mol. The van der Waals surface area contributed by atoms with Crippen LogP contribution >= 0.6 is 11.3 Å². The molecule has 0 atom stereocenters. The summed E-state index contributed by atoms with van der Waals surface area (Å²) in [5, 5.41) is 0. The van der Waals surface area contributed by atoms with Gasteiger partial charge in [0.2, 0.25) is 0 Å². The molecule has 0 fully saturated rings. The van der Waals surface area contributed by atoms with E-state index in [1.54, 1.807) is 11.3 Å². The average molecular weight is 207 g/mol. The van der Waals surface area contributed by atoms with E-state index in [4.69, 9.17) is 12.6 Å². The summed E-state index contributed by atoms with van der Waals surface area (Å²) in [6.07, 6.45) is 0. The molecule has 66 valence electrons. The van der Waals surface area contributed by atoms with Crippen molar-refractivity contribution in [1.82, 2.24) is 0 Å². The summed E-state index contributed by atoms with van der Waals surface area (Å²) >= 11 is 6.86. The Bertz CT molecular complexity index is 387. The van der Waals surface area contributed by atoms with Crippen LogP contribution in [-0.2, 0) is 19.7 Å². The molecule has 0 unspecified atom stereocenters. The van der Waals surface area contributed by atoms with Crippen molar-refractivity contribution < 1.29 is 4.57 Å². The van der Waals surface area contributed by atoms with Crippen LogP contribution in [-0.4, -0.2) is 0 Å². The van der Waals surface area contributed by atoms with Crippen molar-refractivity contribution >= 4 is 24.0 Å². The van der Waals surface area contributed by atoms with Crippen LogP contribution in [0.15, 0.2) is 40.1 Å². The summed E-state index contributed by atoms with van der Waals surface area (Å²) < 4.78 is 3.02. The third kappa shape index (κ3) is 1.57. The molecule has 0 aliphatic heterocycles. The first kappa shape index (κ1) is 8.66. The largest absolute Gasteiger partial charge is 0.421 e. The van der Waals surface area contributed by atoms with Crippen LogP contribution in [0.1, 0.15) is 0 Å². The summed E-state index contributed by atoms with van der Waals surface area (Å²) in [6.45, 7) is 0. The van der Waals surface area contributed by atoms with Crippen LogP contribution in [0.4, 0.5) is 0 Å². The highest BCUT2D eigenvalue weighted by molar-refractivity contribution is 7.62. The number of thiazole rings is 1. The minimum Gasteiger partial charge on any atom is -0.421 e. The van der Waals surface area contributed by atoms with Gasteiger partial charge in [-0.1, -0.05) is 18.2 Å². The minimum atomic E-state index is 0.953. The molecule has 0 aliphatic rings. The van der Waals surface area contributed by atoms with Gasteiger partial charge in [0.15, 0.2) is 5.69 Å². The lowest BCUT2D eigenvalue weighted by molar-refractivity contribution is -0.656. The van der Waals surface area contributed by atoms with Gasteiger partial charge in [0.1, 0.15) is 12.6 Å². The van der Waals surface area contributed by atoms with Crippen LogP contribution in [0, 0.1) is 0 Å². The Morgan fingerprint density at radius 2 is 1.92 bits per heavy atom. The van der Waals surface area contributed by atoms with Crippen molar-refractivity contribution in [3.8, 4) is 11.3 Å². The Morgan fingerprint density at radius 1 is 1.23 bits per heavy atom. The quantitative estimate of drug-likeness (QED) is 0.512. The van der Waals surface area contributed by atoms with Gasteiger partial charge in [0.25, 0.3) is 0 Å². The number of rotatable bonds is 1. The van der Waals surface area contributed by atoms with Crippen molar-refractivity contribution in [3.05, 3.63) is 35.8 Å². The van der Waals surface area contributed by atoms with Crippen molar-refractivity contribution in [2.75, 3.05) is 0 Å². The Hall–Kier alpha value is -0.930. The molecule has 1 aromatic carbocycles. The van der Waals surface area contributed by atoms with Gasteiger partial charge >= 0.3 is 0 Å². The normalized spacial score (nSPS) is 10.2. The third-order valence-corrected chi connectivity index (χ3v) is 3.22. The molecule has 3 heteroatoms. The summed E-state index contributed by atoms with van der Waals surface area (Å²) in [7, 11) is 2.02. The lowest BCUT2D eigenvalue weighted by atomic mass is 10.2. The van der Waals surface area contributed by atoms with Gasteiger partial charge in [-0.25, -0.2) is 4.57 Å². The van der Waals surface area contributed by atoms with Gasteiger partial charge in [0, 0.05) is 5.56 Å². The van der Waals surface area contributed by atoms with Crippen LogP contribution in [0.25, 0.3) is 11.3 Å². The van der Waals surface area contributed by atoms with E-state index in [-0.39, 0.29) is 0 Å². The second-order valence-corrected chi connectivity index (χ2v) is 4.36. The van der Waals surface area contributed by atoms with Crippen molar-refractivity contribution in [3.63, 3.8) is 0 Å². The molecule has 0 saturated carbocycles. The molecule has 2 aromatic rings. The maximum absolute atomic E-state index is 5.25. The maximum Gasteiger partial charge on any atom is 0.200 e. The molecule has 0 spiro atoms. The lowest BCUT2D eigenvalue weighted by Crippen LogP contribution is -2.27. The molecule has 0 N–H and O–H groups in total. The van der Waals surface area contributed by atoms with Crippen molar-refractivity contribution in [2.45, 2.75) is 4.21 Å². The summed E-state index contributed by atoms with van der Waals surface area (Å²) in [4.78, 5) is 0. The predicted octanol–water partition coefficient (Wildman–Crippen LogP) is 2.15. The lowest BCUT2D eigenvalue weighted by Gasteiger charge is -1.99. The zero-order chi connectivity index (χ0) is 9.26. The van der Waals surface area contributed by atoms with Gasteiger partial charge in [-0.05, 0) is 16.3 Å². The second kappa shape index (κ2) is 3.44. The number of nitrogens with zero attached hydrogens (tertiary/aromatic N) is 1. The molecule has 0 saturated heterocycles. The fraction of sp³-hybridized carbons (Fsp3) is 0.100. The number of hydrogen-bond acceptors (Lipinski definition) is 2. The Balaban J connectivity index is 2.59. The maximum atomic E-state index is 5.25. The SMILES string of the molecule is C[n+]1csc([S-])c1-c1ccccc1. The van der Waals surface area contributed by atoms with E-state index in [1.807, 2.05) is 30.8 Å². The Kier molecular flexibility index (Phi) is 2.29. The van der Waals surface area contributed by atoms with Gasteiger partial charge in [0.05, 0.1) is 0 Å². The first-order valence-electron chi connectivity index (χ1n) is 3.98. The minimum absolute atomic E-state index is 0.953. The molecule has 1 nitrogen and oxygen atoms in total. The molecule has 0 amide bonds. The average Bonchev–Trinajstić information content (AvgIpc) is 2.48. The Morgan fingerprint density at radius 3 is 2.46 bits per heavy atom. The van der Waals surface area contributed by atoms with E-state index in [9.17, 15) is 0 Å². The second-order valence-electron chi connectivity index (χ2n) is 2.84. The highest BCUT2D eigenvalue weighted by Crippen LogP contribution is 2.22. The third-order valence-electron chi connectivity index (χ3n) is 1.91. The van der Waals surface area contributed by atoms with Crippen LogP contribution < -0.4 is 4.57 Å². The number of aromatic nitrogens is 1. The van der Waals surface area contributed by atoms with Gasteiger partial charge < -0.3 is 24.0 Å². The van der Waals surface area contributed by atoms with Gasteiger partial charge in [-0.15, -0.1) is 0 Å². The molecule has 0 bridgehead atoms. The van der Waals surface area contributed by atoms with E-state index in [2.05, 4.69) is 16.7 Å². The van der Waals surface area contributed by atoms with Crippen LogP contribution in [0.5, 0.6) is 0 Å². The van der Waals surface area contributed by atoms with E-state index in [0.29, 0.717) is 0 Å². The number of benzene rings is 1. The molecule has 13 heavy (non-hydrogen) atoms. The first-order chi connectivity index (χ1) is 6.29. The smallest absolute Gasteiger partial charge is 0.200 e. The van der Waals surface area contributed by atoms with E-state index in [0.717, 1.165) is 9.90 Å². The molecule has 1 heterocycles. The monoisotopic (exact) mass is 207 g/mol. The molecule has 0 radical (unpaired) electrons. The van der Waals surface area contributed by atoms with Crippen molar-refractivity contribution in [2.24, 2.45) is 7.05 Å². The summed E-state index contributed by atoms with van der Waals surface area (Å²) in [6, 6.07) is 10.2. The fourth-order valence-corrected chi connectivity index (χ4v) is 2.42. The zero-order valence-corrected chi connectivity index (χ0v) is 8.86. The summed E-state index contributed by atoms with van der Waals surface area (Å²) in [5.41, 5.74) is 4.36. The van der Waals surface area contributed by atoms with Gasteiger partial charge in [-0.2, -0.15) is 0 Å². The van der Waals surface area contributed by atoms with Crippen LogP contribution in [0.2, 0.25) is 0 Å². The Labute approximate surface area is 87.1 Å². The van der Waals surface area contributed by atoms with Crippen molar-refractivity contribution in [1.29, 1.82) is 0 Å². The standard InChI is InChI=1S/C10H9NS2/c1-11-7-13-10(12)9(11)8-5-3-2-4-6-8/h2-7H,1H3.